The van der Waals surface area contributed by atoms with E-state index in [1.54, 1.807) is 24.3 Å². The van der Waals surface area contributed by atoms with Gasteiger partial charge in [-0.3, -0.25) is 9.69 Å². The summed E-state index contributed by atoms with van der Waals surface area (Å²) in [6, 6.07) is 14.6. The van der Waals surface area contributed by atoms with Crippen molar-refractivity contribution in [2.45, 2.75) is 24.8 Å². The zero-order valence-corrected chi connectivity index (χ0v) is 21.1. The van der Waals surface area contributed by atoms with Gasteiger partial charge in [0.2, 0.25) is 10.0 Å². The van der Waals surface area contributed by atoms with E-state index in [0.717, 1.165) is 45.0 Å². The summed E-state index contributed by atoms with van der Waals surface area (Å²) in [6.07, 6.45) is 0. The lowest BCUT2D eigenvalue weighted by Gasteiger charge is -2.38. The van der Waals surface area contributed by atoms with Gasteiger partial charge in [-0.1, -0.05) is 0 Å². The molecule has 9 heteroatoms. The number of nitrogens with zero attached hydrogens (tertiary/aromatic N) is 4. The predicted molar refractivity (Wildman–Crippen MR) is 136 cm³/mol. The first-order valence-corrected chi connectivity index (χ1v) is 13.4. The second-order valence-electron chi connectivity index (χ2n) is 9.35. The number of sulfonamides is 1. The van der Waals surface area contributed by atoms with Crippen LogP contribution in [0.3, 0.4) is 0 Å². The smallest absolute Gasteiger partial charge is 0.255 e. The van der Waals surface area contributed by atoms with Crippen molar-refractivity contribution in [3.8, 4) is 0 Å². The molecular weight excluding hydrogens is 450 g/mol. The Morgan fingerprint density at radius 2 is 1.41 bits per heavy atom. The lowest BCUT2D eigenvalue weighted by molar-refractivity contribution is 0.102. The number of piperazine rings is 2. The fourth-order valence-corrected chi connectivity index (χ4v) is 5.83. The van der Waals surface area contributed by atoms with Crippen molar-refractivity contribution < 1.29 is 13.2 Å². The highest BCUT2D eigenvalue weighted by Crippen LogP contribution is 2.21. The van der Waals surface area contributed by atoms with E-state index in [4.69, 9.17) is 0 Å². The van der Waals surface area contributed by atoms with Crippen LogP contribution in [-0.4, -0.2) is 93.9 Å². The standard InChI is InChI=1S/C25H35N5O3S/c1-20(2)28-14-16-29(17-15-28)23-8-4-21(5-9-23)25(31)26-22-6-10-24(11-7-22)34(32,33)30-18-12-27(3)13-19-30/h4-11,20H,12-19H2,1-3H3,(H,26,31). The SMILES string of the molecule is CC(C)N1CCN(c2ccc(C(=O)Nc3ccc(S(=O)(=O)N4CCN(C)CC4)cc3)cc2)CC1. The van der Waals surface area contributed by atoms with E-state index < -0.39 is 10.0 Å². The van der Waals surface area contributed by atoms with Crippen molar-refractivity contribution in [1.82, 2.24) is 14.1 Å². The van der Waals surface area contributed by atoms with Gasteiger partial charge in [0, 0.05) is 75.3 Å². The molecule has 0 atom stereocenters. The number of carbonyl (C=O) groups excluding carboxylic acids is 1. The fourth-order valence-electron chi connectivity index (χ4n) is 4.41. The Bertz CT molecular complexity index is 1070. The van der Waals surface area contributed by atoms with Crippen LogP contribution in [0.15, 0.2) is 53.4 Å². The summed E-state index contributed by atoms with van der Waals surface area (Å²) >= 11 is 0. The maximum Gasteiger partial charge on any atom is 0.255 e. The zero-order valence-electron chi connectivity index (χ0n) is 20.3. The number of benzene rings is 2. The average molecular weight is 486 g/mol. The molecule has 0 bridgehead atoms. The molecule has 2 heterocycles. The van der Waals surface area contributed by atoms with Gasteiger partial charge in [0.05, 0.1) is 4.90 Å². The van der Waals surface area contributed by atoms with Gasteiger partial charge in [0.1, 0.15) is 0 Å². The number of likely N-dealkylation sites (N-methyl/N-ethyl adjacent to an activating group) is 1. The first-order chi connectivity index (χ1) is 16.2. The number of rotatable bonds is 6. The van der Waals surface area contributed by atoms with Gasteiger partial charge in [-0.05, 0) is 69.4 Å². The number of carbonyl (C=O) groups is 1. The normalized spacial score (nSPS) is 18.9. The van der Waals surface area contributed by atoms with Crippen LogP contribution >= 0.6 is 0 Å². The van der Waals surface area contributed by atoms with Crippen molar-refractivity contribution in [2.24, 2.45) is 0 Å². The molecule has 0 saturated carbocycles. The molecular formula is C25H35N5O3S. The summed E-state index contributed by atoms with van der Waals surface area (Å²) in [5, 5.41) is 2.87. The largest absolute Gasteiger partial charge is 0.369 e. The summed E-state index contributed by atoms with van der Waals surface area (Å²) in [5.74, 6) is -0.217. The number of amides is 1. The van der Waals surface area contributed by atoms with E-state index >= 15 is 0 Å². The highest BCUT2D eigenvalue weighted by atomic mass is 32.2. The molecule has 0 aromatic heterocycles. The van der Waals surface area contributed by atoms with Crippen molar-refractivity contribution in [3.05, 3.63) is 54.1 Å². The van der Waals surface area contributed by atoms with Crippen LogP contribution in [0.2, 0.25) is 0 Å². The lowest BCUT2D eigenvalue weighted by atomic mass is 10.1. The molecule has 0 spiro atoms. The summed E-state index contributed by atoms with van der Waals surface area (Å²) in [4.78, 5) is 19.9. The maximum atomic E-state index is 12.9. The fraction of sp³-hybridized carbons (Fsp3) is 0.480. The van der Waals surface area contributed by atoms with Crippen molar-refractivity contribution in [3.63, 3.8) is 0 Å². The van der Waals surface area contributed by atoms with Gasteiger partial charge in [-0.15, -0.1) is 0 Å². The Morgan fingerprint density at radius 3 is 1.97 bits per heavy atom. The Kier molecular flexibility index (Phi) is 7.57. The number of nitrogens with one attached hydrogen (secondary N) is 1. The van der Waals surface area contributed by atoms with Gasteiger partial charge in [0.25, 0.3) is 5.91 Å². The van der Waals surface area contributed by atoms with Gasteiger partial charge in [0.15, 0.2) is 0 Å². The highest BCUT2D eigenvalue weighted by Gasteiger charge is 2.27. The Labute approximate surface area is 203 Å². The topological polar surface area (TPSA) is 76.2 Å². The average Bonchev–Trinajstić information content (AvgIpc) is 2.85. The van der Waals surface area contributed by atoms with Gasteiger partial charge in [-0.25, -0.2) is 8.42 Å². The third-order valence-electron chi connectivity index (χ3n) is 6.75. The van der Waals surface area contributed by atoms with Crippen LogP contribution in [0.25, 0.3) is 0 Å². The van der Waals surface area contributed by atoms with Crippen LogP contribution in [0.1, 0.15) is 24.2 Å². The maximum absolute atomic E-state index is 12.9. The van der Waals surface area contributed by atoms with Gasteiger partial charge < -0.3 is 15.1 Å². The molecule has 2 aliphatic heterocycles. The van der Waals surface area contributed by atoms with Crippen molar-refractivity contribution in [2.75, 3.05) is 69.6 Å². The summed E-state index contributed by atoms with van der Waals surface area (Å²) in [5.41, 5.74) is 2.26. The van der Waals surface area contributed by atoms with Crippen LogP contribution in [0.4, 0.5) is 11.4 Å². The summed E-state index contributed by atoms with van der Waals surface area (Å²) < 4.78 is 27.3. The third kappa shape index (κ3) is 5.60. The van der Waals surface area contributed by atoms with Crippen molar-refractivity contribution in [1.29, 1.82) is 0 Å². The second kappa shape index (κ2) is 10.4. The van der Waals surface area contributed by atoms with E-state index in [1.165, 1.54) is 4.31 Å². The molecule has 0 radical (unpaired) electrons. The van der Waals surface area contributed by atoms with Crippen LogP contribution in [-0.2, 0) is 10.0 Å². The lowest BCUT2D eigenvalue weighted by Crippen LogP contribution is -2.48. The molecule has 2 saturated heterocycles. The first kappa shape index (κ1) is 24.7. The Balaban J connectivity index is 1.35. The molecule has 184 valence electrons. The van der Waals surface area contributed by atoms with E-state index in [2.05, 4.69) is 33.9 Å². The van der Waals surface area contributed by atoms with E-state index in [1.807, 2.05) is 31.3 Å². The molecule has 0 unspecified atom stereocenters. The van der Waals surface area contributed by atoms with E-state index in [-0.39, 0.29) is 10.8 Å². The number of hydrogen-bond donors (Lipinski definition) is 1. The highest BCUT2D eigenvalue weighted by molar-refractivity contribution is 7.89. The molecule has 2 aliphatic rings. The summed E-state index contributed by atoms with van der Waals surface area (Å²) in [6.45, 7) is 10.9. The van der Waals surface area contributed by atoms with Crippen LogP contribution in [0, 0.1) is 0 Å². The van der Waals surface area contributed by atoms with Crippen LogP contribution < -0.4 is 10.2 Å². The first-order valence-electron chi connectivity index (χ1n) is 11.9. The molecule has 0 aliphatic carbocycles. The molecule has 2 aromatic rings. The minimum absolute atomic E-state index is 0.217. The zero-order chi connectivity index (χ0) is 24.3. The molecule has 8 nitrogen and oxygen atoms in total. The van der Waals surface area contributed by atoms with E-state index in [9.17, 15) is 13.2 Å². The predicted octanol–water partition coefficient (Wildman–Crippen LogP) is 2.41. The van der Waals surface area contributed by atoms with Crippen LogP contribution in [0.5, 0.6) is 0 Å². The molecule has 2 fully saturated rings. The monoisotopic (exact) mass is 485 g/mol. The quantitative estimate of drug-likeness (QED) is 0.677. The molecule has 2 aromatic carbocycles. The molecule has 4 rings (SSSR count). The Hall–Kier alpha value is -2.46. The summed E-state index contributed by atoms with van der Waals surface area (Å²) in [7, 11) is -1.53. The molecule has 34 heavy (non-hydrogen) atoms. The number of hydrogen-bond acceptors (Lipinski definition) is 6. The number of anilines is 2. The van der Waals surface area contributed by atoms with E-state index in [0.29, 0.717) is 30.4 Å². The second-order valence-corrected chi connectivity index (χ2v) is 11.3. The molecule has 1 amide bonds. The minimum Gasteiger partial charge on any atom is -0.369 e. The van der Waals surface area contributed by atoms with Gasteiger partial charge >= 0.3 is 0 Å². The third-order valence-corrected chi connectivity index (χ3v) is 8.66. The Morgan fingerprint density at radius 1 is 0.824 bits per heavy atom. The van der Waals surface area contributed by atoms with Crippen molar-refractivity contribution >= 4 is 27.3 Å². The molecule has 1 N–H and O–H groups in total. The van der Waals surface area contributed by atoms with Gasteiger partial charge in [-0.2, -0.15) is 4.31 Å². The minimum atomic E-state index is -3.52.